The van der Waals surface area contributed by atoms with Crippen molar-refractivity contribution in [1.29, 1.82) is 0 Å². The van der Waals surface area contributed by atoms with Crippen LogP contribution in [0.15, 0.2) is 5.10 Å². The van der Waals surface area contributed by atoms with E-state index in [1.165, 1.54) is 0 Å². The monoisotopic (exact) mass is 240 g/mol. The molecular formula is C8H13N3Y-2. The van der Waals surface area contributed by atoms with Gasteiger partial charge in [-0.25, -0.2) is 0 Å². The molecule has 1 rings (SSSR count). The maximum Gasteiger partial charge on any atom is 0.0204 e. The SMILES string of the molecule is C.C[C-]=Nn1[c-]nc(C)c1C.[Y]. The summed E-state index contributed by atoms with van der Waals surface area (Å²) in [5.41, 5.74) is 1.97. The van der Waals surface area contributed by atoms with Crippen molar-refractivity contribution < 1.29 is 32.7 Å². The van der Waals surface area contributed by atoms with Crippen LogP contribution >= 0.6 is 0 Å². The fourth-order valence-electron chi connectivity index (χ4n) is 0.629. The molecule has 0 amide bonds. The van der Waals surface area contributed by atoms with Crippen molar-refractivity contribution in [2.45, 2.75) is 28.2 Å². The van der Waals surface area contributed by atoms with Gasteiger partial charge >= 0.3 is 0 Å². The third kappa shape index (κ3) is 3.15. The van der Waals surface area contributed by atoms with Crippen molar-refractivity contribution in [2.24, 2.45) is 5.10 Å². The second-order valence-corrected chi connectivity index (χ2v) is 2.02. The Morgan fingerprint density at radius 3 is 2.42 bits per heavy atom. The van der Waals surface area contributed by atoms with Gasteiger partial charge < -0.3 is 21.0 Å². The quantitative estimate of drug-likeness (QED) is 0.542. The summed E-state index contributed by atoms with van der Waals surface area (Å²) in [7, 11) is 0. The Labute approximate surface area is 99.1 Å². The van der Waals surface area contributed by atoms with Gasteiger partial charge in [0, 0.05) is 39.0 Å². The van der Waals surface area contributed by atoms with Crippen molar-refractivity contribution >= 4 is 6.21 Å². The van der Waals surface area contributed by atoms with Gasteiger partial charge in [-0.3, -0.25) is 0 Å². The number of imidazole rings is 1. The van der Waals surface area contributed by atoms with Crippen LogP contribution in [-0.4, -0.2) is 15.9 Å². The first-order chi connectivity index (χ1) is 4.75. The molecule has 0 spiro atoms. The molecule has 65 valence electrons. The molecule has 0 N–H and O–H groups in total. The molecule has 0 fully saturated rings. The molecule has 4 heteroatoms. The molecule has 0 aliphatic heterocycles. The Balaban J connectivity index is 0. The molecule has 0 aliphatic rings. The summed E-state index contributed by atoms with van der Waals surface area (Å²) in [6.07, 6.45) is 5.37. The topological polar surface area (TPSA) is 30.2 Å². The van der Waals surface area contributed by atoms with Gasteiger partial charge in [-0.1, -0.05) is 32.7 Å². The van der Waals surface area contributed by atoms with E-state index < -0.39 is 0 Å². The van der Waals surface area contributed by atoms with E-state index in [0.717, 1.165) is 11.4 Å². The summed E-state index contributed by atoms with van der Waals surface area (Å²) in [6, 6.07) is 0. The Hall–Kier alpha value is -0.0161. The van der Waals surface area contributed by atoms with E-state index in [0.29, 0.717) is 0 Å². The summed E-state index contributed by atoms with van der Waals surface area (Å²) in [5, 5.41) is 3.88. The first-order valence-corrected chi connectivity index (χ1v) is 3.07. The van der Waals surface area contributed by atoms with Crippen molar-refractivity contribution in [1.82, 2.24) is 9.66 Å². The van der Waals surface area contributed by atoms with E-state index in [2.05, 4.69) is 22.6 Å². The van der Waals surface area contributed by atoms with E-state index >= 15 is 0 Å². The van der Waals surface area contributed by atoms with E-state index in [-0.39, 0.29) is 40.1 Å². The molecular weight excluding hydrogens is 227 g/mol. The van der Waals surface area contributed by atoms with Crippen LogP contribution in [0.1, 0.15) is 25.7 Å². The van der Waals surface area contributed by atoms with Crippen molar-refractivity contribution in [3.63, 3.8) is 0 Å². The van der Waals surface area contributed by atoms with E-state index in [9.17, 15) is 0 Å². The second-order valence-electron chi connectivity index (χ2n) is 2.02. The molecule has 12 heavy (non-hydrogen) atoms. The van der Waals surface area contributed by atoms with Crippen molar-refractivity contribution in [3.8, 4) is 0 Å². The molecule has 1 aromatic rings. The summed E-state index contributed by atoms with van der Waals surface area (Å²) >= 11 is 0. The van der Waals surface area contributed by atoms with Crippen LogP contribution < -0.4 is 0 Å². The molecule has 1 radical (unpaired) electrons. The Kier molecular flexibility index (Phi) is 7.85. The summed E-state index contributed by atoms with van der Waals surface area (Å²) in [5.74, 6) is 0. The van der Waals surface area contributed by atoms with Gasteiger partial charge in [0.1, 0.15) is 0 Å². The summed E-state index contributed by atoms with van der Waals surface area (Å²) in [4.78, 5) is 3.94. The first kappa shape index (κ1) is 14.5. The molecule has 0 aromatic carbocycles. The summed E-state index contributed by atoms with van der Waals surface area (Å²) < 4.78 is 1.58. The van der Waals surface area contributed by atoms with Crippen LogP contribution in [0.2, 0.25) is 0 Å². The third-order valence-electron chi connectivity index (χ3n) is 1.35. The predicted molar refractivity (Wildman–Crippen MR) is 45.8 cm³/mol. The van der Waals surface area contributed by atoms with Gasteiger partial charge in [0.2, 0.25) is 0 Å². The van der Waals surface area contributed by atoms with Crippen LogP contribution in [0.4, 0.5) is 0 Å². The number of hydrogen-bond acceptors (Lipinski definition) is 2. The zero-order valence-electron chi connectivity index (χ0n) is 6.92. The number of nitrogens with zero attached hydrogens (tertiary/aromatic N) is 3. The average molecular weight is 240 g/mol. The third-order valence-corrected chi connectivity index (χ3v) is 1.35. The minimum Gasteiger partial charge on any atom is -0.417 e. The Bertz CT molecular complexity index is 253. The van der Waals surface area contributed by atoms with Gasteiger partial charge in [0.15, 0.2) is 0 Å². The van der Waals surface area contributed by atoms with E-state index in [4.69, 9.17) is 0 Å². The number of aryl methyl sites for hydroxylation is 1. The van der Waals surface area contributed by atoms with Gasteiger partial charge in [0.25, 0.3) is 0 Å². The molecule has 0 unspecified atom stereocenters. The normalized spacial score (nSPS) is 9.25. The molecule has 0 saturated carbocycles. The number of rotatable bonds is 1. The zero-order valence-corrected chi connectivity index (χ0v) is 9.76. The molecule has 0 bridgehead atoms. The van der Waals surface area contributed by atoms with Crippen LogP contribution in [0, 0.1) is 20.2 Å². The molecule has 1 aromatic heterocycles. The van der Waals surface area contributed by atoms with Gasteiger partial charge in [-0.15, -0.1) is 0 Å². The van der Waals surface area contributed by atoms with Gasteiger partial charge in [-0.2, -0.15) is 6.92 Å². The van der Waals surface area contributed by atoms with Crippen LogP contribution in [0.25, 0.3) is 0 Å². The second kappa shape index (κ2) is 6.49. The fraction of sp³-hybridized carbons (Fsp3) is 0.500. The van der Waals surface area contributed by atoms with E-state index in [1.807, 2.05) is 13.8 Å². The van der Waals surface area contributed by atoms with Crippen LogP contribution in [0.5, 0.6) is 0 Å². The molecule has 1 heterocycles. The predicted octanol–water partition coefficient (Wildman–Crippen LogP) is 1.66. The minimum absolute atomic E-state index is 0. The Morgan fingerprint density at radius 2 is 2.08 bits per heavy atom. The average Bonchev–Trinajstić information content (AvgIpc) is 2.20. The minimum atomic E-state index is 0. The first-order valence-electron chi connectivity index (χ1n) is 3.07. The fourth-order valence-corrected chi connectivity index (χ4v) is 0.629. The number of hydrogen-bond donors (Lipinski definition) is 0. The van der Waals surface area contributed by atoms with Crippen LogP contribution in [-0.2, 0) is 32.7 Å². The molecule has 0 atom stereocenters. The number of aromatic nitrogens is 2. The van der Waals surface area contributed by atoms with Gasteiger partial charge in [0.05, 0.1) is 0 Å². The zero-order chi connectivity index (χ0) is 7.56. The molecule has 0 saturated heterocycles. The Morgan fingerprint density at radius 1 is 1.50 bits per heavy atom. The van der Waals surface area contributed by atoms with Crippen molar-refractivity contribution in [3.05, 3.63) is 17.7 Å². The van der Waals surface area contributed by atoms with Crippen molar-refractivity contribution in [2.75, 3.05) is 0 Å². The standard InChI is InChI=1S/C7H9N3.CH4.Y/c1-4-9-10-5-8-6(2)7(10)3;;/h1-3H3;1H4;/q-2;;. The molecule has 3 nitrogen and oxygen atoms in total. The smallest absolute Gasteiger partial charge is 0.0204 e. The maximum atomic E-state index is 3.94. The maximum absolute atomic E-state index is 3.94. The van der Waals surface area contributed by atoms with Gasteiger partial charge in [-0.05, 0) is 0 Å². The summed E-state index contributed by atoms with van der Waals surface area (Å²) in [6.45, 7) is 5.61. The van der Waals surface area contributed by atoms with Crippen LogP contribution in [0.3, 0.4) is 0 Å². The molecule has 0 aliphatic carbocycles. The largest absolute Gasteiger partial charge is 0.417 e. The van der Waals surface area contributed by atoms with E-state index in [1.54, 1.807) is 11.6 Å².